The number of fused-ring (bicyclic) bond motifs is 6. The average Bonchev–Trinajstić information content (AvgIpc) is 3.33. The van der Waals surface area contributed by atoms with Crippen molar-refractivity contribution in [3.8, 4) is 5.75 Å². The quantitative estimate of drug-likeness (QED) is 0.626. The van der Waals surface area contributed by atoms with Crippen molar-refractivity contribution in [1.29, 1.82) is 0 Å². The zero-order valence-corrected chi connectivity index (χ0v) is 19.7. The largest absolute Gasteiger partial charge is 0.762 e. The van der Waals surface area contributed by atoms with Crippen molar-refractivity contribution in [2.45, 2.75) is 82.4 Å². The Bertz CT molecular complexity index is 1080. The molecular formula is C25H32N3O5-. The van der Waals surface area contributed by atoms with E-state index in [1.165, 1.54) is 0 Å². The third-order valence-electron chi connectivity index (χ3n) is 9.56. The minimum Gasteiger partial charge on any atom is -0.762 e. The molecule has 0 unspecified atom stereocenters. The van der Waals surface area contributed by atoms with Gasteiger partial charge < -0.3 is 20.5 Å². The number of nitrogens with zero attached hydrogens (tertiary/aromatic N) is 2. The number of anilines is 1. The molecule has 1 aromatic rings. The molecule has 2 saturated heterocycles. The maximum absolute atomic E-state index is 13.9. The minimum absolute atomic E-state index is 0.0494. The molecule has 5 aliphatic rings. The number of amides is 1. The Morgan fingerprint density at radius 3 is 2.73 bits per heavy atom. The highest BCUT2D eigenvalue weighted by Gasteiger charge is 2.73. The topological polar surface area (TPSA) is 105 Å². The monoisotopic (exact) mass is 454 g/mol. The number of nitrogens with one attached hydrogen (secondary N) is 1. The molecule has 0 radical (unpaired) electrons. The van der Waals surface area contributed by atoms with Gasteiger partial charge in [-0.1, -0.05) is 19.9 Å². The summed E-state index contributed by atoms with van der Waals surface area (Å²) in [5.74, 6) is 0.0879. The predicted octanol–water partition coefficient (Wildman–Crippen LogP) is 3.46. The van der Waals surface area contributed by atoms with E-state index < -0.39 is 22.0 Å². The number of piperidine rings is 1. The van der Waals surface area contributed by atoms with Gasteiger partial charge in [0, 0.05) is 12.6 Å². The lowest BCUT2D eigenvalue weighted by Gasteiger charge is -2.55. The van der Waals surface area contributed by atoms with E-state index in [0.717, 1.165) is 31.4 Å². The smallest absolute Gasteiger partial charge is 0.235 e. The second-order valence-electron chi connectivity index (χ2n) is 12.0. The molecule has 33 heavy (non-hydrogen) atoms. The van der Waals surface area contributed by atoms with E-state index >= 15 is 0 Å². The van der Waals surface area contributed by atoms with E-state index in [4.69, 9.17) is 4.74 Å². The van der Waals surface area contributed by atoms with Crippen LogP contribution in [0, 0.1) is 16.5 Å². The number of carbonyl (C=O) groups excluding carboxylic acids is 2. The Labute approximate surface area is 193 Å². The summed E-state index contributed by atoms with van der Waals surface area (Å²) in [5, 5.41) is 26.5. The number of hydrogen-bond donors (Lipinski definition) is 2. The lowest BCUT2D eigenvalue weighted by Crippen LogP contribution is -2.61. The molecule has 4 aliphatic heterocycles. The summed E-state index contributed by atoms with van der Waals surface area (Å²) >= 11 is 0. The highest BCUT2D eigenvalue weighted by atomic mass is 16.8. The van der Waals surface area contributed by atoms with E-state index in [0.29, 0.717) is 29.6 Å². The number of ether oxygens (including phenoxy) is 1. The molecule has 8 heteroatoms. The third-order valence-corrected chi connectivity index (χ3v) is 9.56. The van der Waals surface area contributed by atoms with Crippen LogP contribution in [-0.2, 0) is 10.2 Å². The summed E-state index contributed by atoms with van der Waals surface area (Å²) < 4.78 is 6.08. The van der Waals surface area contributed by atoms with E-state index in [2.05, 4.69) is 24.1 Å². The van der Waals surface area contributed by atoms with Crippen molar-refractivity contribution >= 4 is 17.4 Å². The molecule has 178 valence electrons. The van der Waals surface area contributed by atoms with Crippen LogP contribution in [0.4, 0.5) is 5.69 Å². The van der Waals surface area contributed by atoms with Crippen LogP contribution in [0.5, 0.6) is 5.75 Å². The summed E-state index contributed by atoms with van der Waals surface area (Å²) in [7, 11) is 0. The van der Waals surface area contributed by atoms with E-state index in [1.54, 1.807) is 6.07 Å². The molecule has 1 aliphatic carbocycles. The fourth-order valence-electron chi connectivity index (χ4n) is 8.11. The number of carbonyl (C=O) groups is 2. The van der Waals surface area contributed by atoms with Crippen molar-refractivity contribution in [3.05, 3.63) is 28.5 Å². The molecule has 8 nitrogen and oxygen atoms in total. The van der Waals surface area contributed by atoms with Gasteiger partial charge in [0.15, 0.2) is 5.78 Å². The van der Waals surface area contributed by atoms with E-state index in [1.807, 2.05) is 19.9 Å². The predicted molar refractivity (Wildman–Crippen MR) is 121 cm³/mol. The molecule has 6 rings (SSSR count). The zero-order chi connectivity index (χ0) is 23.6. The average molecular weight is 455 g/mol. The standard InChI is InChI=1S/C25H32N3O5/c1-22(2)11-16(29)19-17(33-22)8-7-15-20(19)26-21(30)25(15)12-24(28(31)32)13-27-9-5-6-14(27)10-18(24)23(25,3)4/h7-8,14,18,31H,5-6,9-13H2,1-4H3,(H,26,30)/q-1/t14-,18+,24-,25-/m0/s1. The number of hydroxylamine groups is 2. The SMILES string of the molecule is CC1(C)CC(=O)c2c(ccc3c2NC(=O)[C@]32C[C@]3(N([O-])O)CN4CCC[C@H]4C[C@@H]3C2(C)C)O1. The van der Waals surface area contributed by atoms with Gasteiger partial charge in [0.2, 0.25) is 5.91 Å². The van der Waals surface area contributed by atoms with Crippen molar-refractivity contribution in [2.24, 2.45) is 11.3 Å². The van der Waals surface area contributed by atoms with Crippen LogP contribution in [0.25, 0.3) is 0 Å². The number of benzene rings is 1. The molecule has 1 saturated carbocycles. The molecule has 0 aromatic heterocycles. The Morgan fingerprint density at radius 1 is 1.24 bits per heavy atom. The second-order valence-corrected chi connectivity index (χ2v) is 12.0. The first-order valence-electron chi connectivity index (χ1n) is 12.0. The van der Waals surface area contributed by atoms with Crippen molar-refractivity contribution in [1.82, 2.24) is 10.1 Å². The highest BCUT2D eigenvalue weighted by molar-refractivity contribution is 6.15. The Balaban J connectivity index is 1.53. The Kier molecular flexibility index (Phi) is 4.15. The number of rotatable bonds is 1. The normalized spacial score (nSPS) is 38.0. The van der Waals surface area contributed by atoms with Gasteiger partial charge in [0.1, 0.15) is 11.4 Å². The van der Waals surface area contributed by atoms with Crippen LogP contribution < -0.4 is 10.1 Å². The number of ketones is 1. The molecule has 4 heterocycles. The van der Waals surface area contributed by atoms with Gasteiger partial charge in [0.05, 0.1) is 28.6 Å². The number of hydrogen-bond acceptors (Lipinski definition) is 7. The Morgan fingerprint density at radius 2 is 2.00 bits per heavy atom. The van der Waals surface area contributed by atoms with Gasteiger partial charge in [0.25, 0.3) is 0 Å². The molecule has 1 amide bonds. The van der Waals surface area contributed by atoms with Crippen LogP contribution in [-0.4, -0.2) is 57.3 Å². The summed E-state index contributed by atoms with van der Waals surface area (Å²) in [6, 6.07) is 4.06. The molecule has 1 aromatic carbocycles. The zero-order valence-electron chi connectivity index (χ0n) is 19.7. The second kappa shape index (κ2) is 6.36. The highest BCUT2D eigenvalue weighted by Crippen LogP contribution is 2.69. The van der Waals surface area contributed by atoms with Gasteiger partial charge in [-0.2, -0.15) is 0 Å². The van der Waals surface area contributed by atoms with E-state index in [-0.39, 0.29) is 35.7 Å². The molecule has 3 fully saturated rings. The van der Waals surface area contributed by atoms with Crippen molar-refractivity contribution in [3.63, 3.8) is 0 Å². The molecular weight excluding hydrogens is 422 g/mol. The Hall–Kier alpha value is -2.00. The summed E-state index contributed by atoms with van der Waals surface area (Å²) in [6.45, 7) is 9.25. The fourth-order valence-corrected chi connectivity index (χ4v) is 8.11. The van der Waals surface area contributed by atoms with Gasteiger partial charge in [-0.25, -0.2) is 0 Å². The molecule has 0 bridgehead atoms. The fraction of sp³-hybridized carbons (Fsp3) is 0.680. The van der Waals surface area contributed by atoms with E-state index in [9.17, 15) is 20.0 Å². The van der Waals surface area contributed by atoms with Gasteiger partial charge in [-0.05, 0) is 69.0 Å². The van der Waals surface area contributed by atoms with Crippen LogP contribution in [0.15, 0.2) is 12.1 Å². The van der Waals surface area contributed by atoms with Crippen LogP contribution in [0.1, 0.15) is 75.7 Å². The van der Waals surface area contributed by atoms with Gasteiger partial charge in [-0.3, -0.25) is 19.7 Å². The summed E-state index contributed by atoms with van der Waals surface area (Å²) in [4.78, 5) is 29.3. The van der Waals surface area contributed by atoms with Crippen LogP contribution in [0.3, 0.4) is 0 Å². The minimum atomic E-state index is -1.07. The molecule has 1 spiro atoms. The lowest BCUT2D eigenvalue weighted by atomic mass is 9.60. The van der Waals surface area contributed by atoms with Crippen LogP contribution >= 0.6 is 0 Å². The van der Waals surface area contributed by atoms with Crippen molar-refractivity contribution < 1.29 is 19.5 Å². The third kappa shape index (κ3) is 2.50. The van der Waals surface area contributed by atoms with Crippen LogP contribution in [0.2, 0.25) is 0 Å². The first-order chi connectivity index (χ1) is 15.4. The maximum atomic E-state index is 13.9. The van der Waals surface area contributed by atoms with Gasteiger partial charge >= 0.3 is 0 Å². The lowest BCUT2D eigenvalue weighted by molar-refractivity contribution is -0.178. The molecule has 2 N–H and O–H groups in total. The maximum Gasteiger partial charge on any atom is 0.235 e. The summed E-state index contributed by atoms with van der Waals surface area (Å²) in [5.41, 5.74) is -1.58. The summed E-state index contributed by atoms with van der Waals surface area (Å²) in [6.07, 6.45) is 3.41. The van der Waals surface area contributed by atoms with Gasteiger partial charge in [-0.15, -0.1) is 0 Å². The first-order valence-corrected chi connectivity index (χ1v) is 12.0. The van der Waals surface area contributed by atoms with Crippen molar-refractivity contribution in [2.75, 3.05) is 18.4 Å². The molecule has 4 atom stereocenters. The first kappa shape index (κ1) is 21.5. The number of Topliss-reactive ketones (excluding diaryl/α,β-unsaturated/α-hetero) is 1.